The SMILES string of the molecule is CN(c1ccc(C(=O)NN)cc1)S(=O)(=O)c1ccccc1. The van der Waals surface area contributed by atoms with Crippen molar-refractivity contribution >= 4 is 21.6 Å². The molecular weight excluding hydrogens is 290 g/mol. The zero-order valence-corrected chi connectivity index (χ0v) is 12.2. The second-order valence-electron chi connectivity index (χ2n) is 4.31. The topological polar surface area (TPSA) is 92.5 Å². The summed E-state index contributed by atoms with van der Waals surface area (Å²) in [6.45, 7) is 0. The number of nitrogens with zero attached hydrogens (tertiary/aromatic N) is 1. The van der Waals surface area contributed by atoms with Gasteiger partial charge in [-0.2, -0.15) is 0 Å². The van der Waals surface area contributed by atoms with E-state index in [1.165, 1.54) is 31.3 Å². The summed E-state index contributed by atoms with van der Waals surface area (Å²) in [5, 5.41) is 0. The van der Waals surface area contributed by atoms with Crippen molar-refractivity contribution in [3.05, 3.63) is 60.2 Å². The van der Waals surface area contributed by atoms with E-state index in [0.717, 1.165) is 4.31 Å². The molecule has 0 bridgehead atoms. The highest BCUT2D eigenvalue weighted by molar-refractivity contribution is 7.92. The van der Waals surface area contributed by atoms with E-state index >= 15 is 0 Å². The molecule has 6 nitrogen and oxygen atoms in total. The molecule has 0 heterocycles. The number of anilines is 1. The summed E-state index contributed by atoms with van der Waals surface area (Å²) in [7, 11) is -2.16. The van der Waals surface area contributed by atoms with Crippen molar-refractivity contribution in [3.8, 4) is 0 Å². The van der Waals surface area contributed by atoms with Gasteiger partial charge >= 0.3 is 0 Å². The fraction of sp³-hybridized carbons (Fsp3) is 0.0714. The van der Waals surface area contributed by atoms with Gasteiger partial charge in [0, 0.05) is 12.6 Å². The van der Waals surface area contributed by atoms with Crippen LogP contribution in [0.5, 0.6) is 0 Å². The van der Waals surface area contributed by atoms with E-state index in [1.807, 2.05) is 5.43 Å². The van der Waals surface area contributed by atoms with Crippen LogP contribution in [0.15, 0.2) is 59.5 Å². The lowest BCUT2D eigenvalue weighted by Crippen LogP contribution is -2.30. The Hall–Kier alpha value is -2.38. The Bertz CT molecular complexity index is 728. The minimum atomic E-state index is -3.62. The van der Waals surface area contributed by atoms with E-state index in [2.05, 4.69) is 0 Å². The van der Waals surface area contributed by atoms with Crippen LogP contribution in [0.3, 0.4) is 0 Å². The number of hydrogen-bond donors (Lipinski definition) is 2. The molecule has 0 aliphatic heterocycles. The van der Waals surface area contributed by atoms with Gasteiger partial charge in [-0.1, -0.05) is 18.2 Å². The first-order valence-corrected chi connectivity index (χ1v) is 7.56. The number of hydrogen-bond acceptors (Lipinski definition) is 4. The van der Waals surface area contributed by atoms with Crippen LogP contribution in [0.4, 0.5) is 5.69 Å². The molecule has 0 aromatic heterocycles. The van der Waals surface area contributed by atoms with Crippen LogP contribution in [0.25, 0.3) is 0 Å². The van der Waals surface area contributed by atoms with Gasteiger partial charge in [-0.05, 0) is 36.4 Å². The van der Waals surface area contributed by atoms with Crippen molar-refractivity contribution in [1.82, 2.24) is 5.43 Å². The van der Waals surface area contributed by atoms with Gasteiger partial charge in [-0.15, -0.1) is 0 Å². The van der Waals surface area contributed by atoms with Crippen molar-refractivity contribution in [3.63, 3.8) is 0 Å². The Labute approximate surface area is 123 Å². The summed E-state index contributed by atoms with van der Waals surface area (Å²) in [6, 6.07) is 14.2. The normalized spacial score (nSPS) is 11.0. The molecule has 0 radical (unpaired) electrons. The number of sulfonamides is 1. The summed E-state index contributed by atoms with van der Waals surface area (Å²) in [5.74, 6) is 4.61. The van der Waals surface area contributed by atoms with Crippen LogP contribution in [0.2, 0.25) is 0 Å². The van der Waals surface area contributed by atoms with Crippen LogP contribution >= 0.6 is 0 Å². The van der Waals surface area contributed by atoms with E-state index < -0.39 is 15.9 Å². The monoisotopic (exact) mass is 305 g/mol. The van der Waals surface area contributed by atoms with Crippen LogP contribution in [-0.4, -0.2) is 21.4 Å². The molecule has 2 aromatic carbocycles. The standard InChI is InChI=1S/C14H15N3O3S/c1-17(21(19,20)13-5-3-2-4-6-13)12-9-7-11(8-10-12)14(18)16-15/h2-10H,15H2,1H3,(H,16,18). The third kappa shape index (κ3) is 3.04. The number of amides is 1. The summed E-state index contributed by atoms with van der Waals surface area (Å²) in [6.07, 6.45) is 0. The van der Waals surface area contributed by atoms with Gasteiger partial charge in [0.15, 0.2) is 0 Å². The maximum Gasteiger partial charge on any atom is 0.265 e. The maximum absolute atomic E-state index is 12.4. The molecule has 0 spiro atoms. The van der Waals surface area contributed by atoms with Crippen LogP contribution in [-0.2, 0) is 10.0 Å². The van der Waals surface area contributed by atoms with Crippen molar-refractivity contribution in [2.45, 2.75) is 4.90 Å². The molecule has 0 atom stereocenters. The molecule has 0 saturated carbocycles. The van der Waals surface area contributed by atoms with Crippen LogP contribution < -0.4 is 15.6 Å². The molecular formula is C14H15N3O3S. The smallest absolute Gasteiger partial charge is 0.265 e. The third-order valence-electron chi connectivity index (χ3n) is 3.03. The lowest BCUT2D eigenvalue weighted by molar-refractivity contribution is 0.0953. The molecule has 0 unspecified atom stereocenters. The van der Waals surface area contributed by atoms with Crippen LogP contribution in [0, 0.1) is 0 Å². The highest BCUT2D eigenvalue weighted by atomic mass is 32.2. The highest BCUT2D eigenvalue weighted by Gasteiger charge is 2.20. The largest absolute Gasteiger partial charge is 0.290 e. The predicted octanol–water partition coefficient (Wildman–Crippen LogP) is 1.12. The second-order valence-corrected chi connectivity index (χ2v) is 6.28. The van der Waals surface area contributed by atoms with Crippen molar-refractivity contribution in [1.29, 1.82) is 0 Å². The van der Waals surface area contributed by atoms with Gasteiger partial charge in [0.25, 0.3) is 15.9 Å². The average molecular weight is 305 g/mol. The Kier molecular flexibility index (Phi) is 4.25. The minimum Gasteiger partial charge on any atom is -0.290 e. The number of carbonyl (C=O) groups excluding carboxylic acids is 1. The summed E-state index contributed by atoms with van der Waals surface area (Å²) < 4.78 is 26.0. The molecule has 0 aliphatic carbocycles. The first kappa shape index (κ1) is 15.0. The number of benzene rings is 2. The maximum atomic E-state index is 12.4. The molecule has 1 amide bonds. The molecule has 110 valence electrons. The fourth-order valence-corrected chi connectivity index (χ4v) is 3.01. The predicted molar refractivity (Wildman–Crippen MR) is 80.1 cm³/mol. The zero-order valence-electron chi connectivity index (χ0n) is 11.4. The molecule has 0 fully saturated rings. The molecule has 2 aromatic rings. The quantitative estimate of drug-likeness (QED) is 0.503. The number of nitrogen functional groups attached to an aromatic ring is 1. The van der Waals surface area contributed by atoms with E-state index in [9.17, 15) is 13.2 Å². The first-order valence-electron chi connectivity index (χ1n) is 6.12. The Morgan fingerprint density at radius 3 is 2.14 bits per heavy atom. The molecule has 2 rings (SSSR count). The van der Waals surface area contributed by atoms with Crippen molar-refractivity contribution in [2.24, 2.45) is 5.84 Å². The third-order valence-corrected chi connectivity index (χ3v) is 4.83. The van der Waals surface area contributed by atoms with Crippen LogP contribution in [0.1, 0.15) is 10.4 Å². The lowest BCUT2D eigenvalue weighted by atomic mass is 10.2. The van der Waals surface area contributed by atoms with Crippen molar-refractivity contribution in [2.75, 3.05) is 11.4 Å². The van der Waals surface area contributed by atoms with E-state index in [4.69, 9.17) is 5.84 Å². The number of rotatable bonds is 4. The van der Waals surface area contributed by atoms with Gasteiger partial charge in [0.05, 0.1) is 10.6 Å². The number of hydrazine groups is 1. The van der Waals surface area contributed by atoms with E-state index in [1.54, 1.807) is 30.3 Å². The Balaban J connectivity index is 2.32. The first-order chi connectivity index (χ1) is 9.96. The molecule has 7 heteroatoms. The summed E-state index contributed by atoms with van der Waals surface area (Å²) in [5.41, 5.74) is 2.82. The zero-order chi connectivity index (χ0) is 15.5. The summed E-state index contributed by atoms with van der Waals surface area (Å²) >= 11 is 0. The Morgan fingerprint density at radius 2 is 1.62 bits per heavy atom. The van der Waals surface area contributed by atoms with E-state index in [0.29, 0.717) is 11.3 Å². The molecule has 0 aliphatic rings. The second kappa shape index (κ2) is 5.94. The van der Waals surface area contributed by atoms with Gasteiger partial charge in [-0.25, -0.2) is 14.3 Å². The van der Waals surface area contributed by atoms with E-state index in [-0.39, 0.29) is 4.90 Å². The number of carbonyl (C=O) groups is 1. The van der Waals surface area contributed by atoms with Gasteiger partial charge in [-0.3, -0.25) is 14.5 Å². The fourth-order valence-electron chi connectivity index (χ4n) is 1.80. The number of nitrogens with two attached hydrogens (primary N) is 1. The molecule has 0 saturated heterocycles. The van der Waals surface area contributed by atoms with Gasteiger partial charge in [0.1, 0.15) is 0 Å². The number of nitrogens with one attached hydrogen (secondary N) is 1. The minimum absolute atomic E-state index is 0.205. The van der Waals surface area contributed by atoms with Gasteiger partial charge < -0.3 is 0 Å². The molecule has 21 heavy (non-hydrogen) atoms. The Morgan fingerprint density at radius 1 is 1.05 bits per heavy atom. The van der Waals surface area contributed by atoms with Crippen molar-refractivity contribution < 1.29 is 13.2 Å². The summed E-state index contributed by atoms with van der Waals surface area (Å²) in [4.78, 5) is 11.5. The molecule has 3 N–H and O–H groups in total. The average Bonchev–Trinajstić information content (AvgIpc) is 2.54. The highest BCUT2D eigenvalue weighted by Crippen LogP contribution is 2.22. The van der Waals surface area contributed by atoms with Gasteiger partial charge in [0.2, 0.25) is 0 Å². The lowest BCUT2D eigenvalue weighted by Gasteiger charge is -2.19.